The van der Waals surface area contributed by atoms with Gasteiger partial charge in [-0.3, -0.25) is 4.79 Å². The molecule has 0 heterocycles. The van der Waals surface area contributed by atoms with Crippen molar-refractivity contribution < 1.29 is 4.79 Å². The third-order valence-electron chi connectivity index (χ3n) is 2.44. The summed E-state index contributed by atoms with van der Waals surface area (Å²) in [5, 5.41) is 12.3. The van der Waals surface area contributed by atoms with Gasteiger partial charge in [0.1, 0.15) is 0 Å². The number of thioether (sulfide) groups is 1. The molecular weight excluding hydrogens is 303 g/mol. The Labute approximate surface area is 127 Å². The van der Waals surface area contributed by atoms with Crippen LogP contribution in [0.5, 0.6) is 0 Å². The molecule has 0 fully saturated rings. The maximum Gasteiger partial charge on any atom is 0.230 e. The highest BCUT2D eigenvalue weighted by atomic mass is 35.5. The number of nitrogens with one attached hydrogen (secondary N) is 1. The van der Waals surface area contributed by atoms with E-state index in [0.29, 0.717) is 21.4 Å². The van der Waals surface area contributed by atoms with Gasteiger partial charge in [-0.15, -0.1) is 11.8 Å². The van der Waals surface area contributed by atoms with Crippen LogP contribution >= 0.6 is 35.0 Å². The normalized spacial score (nSPS) is 10.9. The van der Waals surface area contributed by atoms with Crippen LogP contribution in [0.25, 0.3) is 0 Å². The first-order valence-electron chi connectivity index (χ1n) is 5.58. The second-order valence-corrected chi connectivity index (χ2v) is 6.22. The van der Waals surface area contributed by atoms with Crippen molar-refractivity contribution in [2.45, 2.75) is 19.4 Å². The van der Waals surface area contributed by atoms with E-state index in [9.17, 15) is 4.79 Å². The Morgan fingerprint density at radius 3 is 2.53 bits per heavy atom. The molecule has 6 heteroatoms. The lowest BCUT2D eigenvalue weighted by atomic mass is 9.94. The van der Waals surface area contributed by atoms with E-state index < -0.39 is 5.54 Å². The molecule has 1 rings (SSSR count). The number of halogens is 2. The van der Waals surface area contributed by atoms with Crippen molar-refractivity contribution in [1.82, 2.24) is 5.32 Å². The zero-order valence-electron chi connectivity index (χ0n) is 10.7. The van der Waals surface area contributed by atoms with E-state index in [4.69, 9.17) is 28.5 Å². The zero-order valence-corrected chi connectivity index (χ0v) is 13.0. The summed E-state index contributed by atoms with van der Waals surface area (Å²) in [5.74, 6) is 0.376. The standard InChI is InChI=1S/C13H14Cl2N2OS/c1-13(2,17-11(18)8-19-7-6-16)12-9(14)4-3-5-10(12)15/h3-5H,7-8H2,1-2H3,(H,17,18). The molecule has 0 saturated carbocycles. The van der Waals surface area contributed by atoms with Gasteiger partial charge in [0.15, 0.2) is 0 Å². The smallest absolute Gasteiger partial charge is 0.230 e. The molecule has 0 aliphatic carbocycles. The number of carbonyl (C=O) groups excluding carboxylic acids is 1. The van der Waals surface area contributed by atoms with Gasteiger partial charge in [-0.2, -0.15) is 5.26 Å². The topological polar surface area (TPSA) is 52.9 Å². The van der Waals surface area contributed by atoms with Gasteiger partial charge in [0.25, 0.3) is 0 Å². The van der Waals surface area contributed by atoms with E-state index >= 15 is 0 Å². The Morgan fingerprint density at radius 1 is 1.42 bits per heavy atom. The summed E-state index contributed by atoms with van der Waals surface area (Å²) in [6.45, 7) is 3.68. The molecule has 0 unspecified atom stereocenters. The first-order chi connectivity index (χ1) is 8.88. The summed E-state index contributed by atoms with van der Waals surface area (Å²) in [5.41, 5.74) is 0.0247. The summed E-state index contributed by atoms with van der Waals surface area (Å²) < 4.78 is 0. The molecule has 0 radical (unpaired) electrons. The lowest BCUT2D eigenvalue weighted by molar-refractivity contribution is -0.120. The molecule has 3 nitrogen and oxygen atoms in total. The zero-order chi connectivity index (χ0) is 14.5. The monoisotopic (exact) mass is 316 g/mol. The summed E-state index contributed by atoms with van der Waals surface area (Å²) in [7, 11) is 0. The number of benzene rings is 1. The number of nitriles is 1. The van der Waals surface area contributed by atoms with Crippen LogP contribution in [0.1, 0.15) is 19.4 Å². The second kappa shape index (κ2) is 7.04. The first-order valence-corrected chi connectivity index (χ1v) is 7.49. The maximum absolute atomic E-state index is 11.8. The number of hydrogen-bond donors (Lipinski definition) is 1. The minimum atomic E-state index is -0.667. The van der Waals surface area contributed by atoms with Crippen LogP contribution in [-0.2, 0) is 10.3 Å². The molecule has 0 aromatic heterocycles. The fourth-order valence-corrected chi connectivity index (χ4v) is 3.05. The van der Waals surface area contributed by atoms with Gasteiger partial charge in [0, 0.05) is 15.6 Å². The van der Waals surface area contributed by atoms with Crippen molar-refractivity contribution in [2.75, 3.05) is 11.5 Å². The van der Waals surface area contributed by atoms with E-state index in [1.165, 1.54) is 11.8 Å². The van der Waals surface area contributed by atoms with Crippen LogP contribution in [-0.4, -0.2) is 17.4 Å². The van der Waals surface area contributed by atoms with Crippen LogP contribution in [0.15, 0.2) is 18.2 Å². The Morgan fingerprint density at radius 2 is 2.00 bits per heavy atom. The fourth-order valence-electron chi connectivity index (χ4n) is 1.73. The molecule has 1 aromatic rings. The third kappa shape index (κ3) is 4.61. The highest BCUT2D eigenvalue weighted by Crippen LogP contribution is 2.33. The highest BCUT2D eigenvalue weighted by Gasteiger charge is 2.27. The summed E-state index contributed by atoms with van der Waals surface area (Å²) >= 11 is 13.5. The first kappa shape index (κ1) is 16.2. The van der Waals surface area contributed by atoms with Crippen LogP contribution in [0, 0.1) is 11.3 Å². The number of rotatable bonds is 5. The SMILES string of the molecule is CC(C)(NC(=O)CSCC#N)c1c(Cl)cccc1Cl. The summed E-state index contributed by atoms with van der Waals surface area (Å²) in [6.07, 6.45) is 0. The Hall–Kier alpha value is -0.890. The van der Waals surface area contributed by atoms with Crippen molar-refractivity contribution in [3.05, 3.63) is 33.8 Å². The molecule has 102 valence electrons. The molecule has 0 spiro atoms. The van der Waals surface area contributed by atoms with Gasteiger partial charge in [-0.05, 0) is 26.0 Å². The summed E-state index contributed by atoms with van der Waals surface area (Å²) in [4.78, 5) is 11.8. The van der Waals surface area contributed by atoms with Gasteiger partial charge in [-0.25, -0.2) is 0 Å². The minimum absolute atomic E-state index is 0.152. The van der Waals surface area contributed by atoms with E-state index in [1.54, 1.807) is 18.2 Å². The number of amides is 1. The lowest BCUT2D eigenvalue weighted by Crippen LogP contribution is -2.42. The van der Waals surface area contributed by atoms with E-state index in [1.807, 2.05) is 19.9 Å². The van der Waals surface area contributed by atoms with Crippen molar-refractivity contribution in [2.24, 2.45) is 0 Å². The van der Waals surface area contributed by atoms with E-state index in [0.717, 1.165) is 0 Å². The highest BCUT2D eigenvalue weighted by molar-refractivity contribution is 8.00. The van der Waals surface area contributed by atoms with Gasteiger partial charge < -0.3 is 5.32 Å². The van der Waals surface area contributed by atoms with Crippen molar-refractivity contribution in [1.29, 1.82) is 5.26 Å². The van der Waals surface area contributed by atoms with E-state index in [2.05, 4.69) is 5.32 Å². The second-order valence-electron chi connectivity index (χ2n) is 4.42. The average Bonchev–Trinajstić information content (AvgIpc) is 2.27. The predicted octanol–water partition coefficient (Wildman–Crippen LogP) is 3.60. The molecule has 0 aliphatic rings. The molecule has 1 aromatic carbocycles. The average molecular weight is 317 g/mol. The van der Waals surface area contributed by atoms with E-state index in [-0.39, 0.29) is 11.7 Å². The molecular formula is C13H14Cl2N2OS. The van der Waals surface area contributed by atoms with Gasteiger partial charge in [0.05, 0.1) is 23.1 Å². The Balaban J connectivity index is 2.81. The fraction of sp³-hybridized carbons (Fsp3) is 0.385. The maximum atomic E-state index is 11.8. The van der Waals surface area contributed by atoms with Gasteiger partial charge in [0.2, 0.25) is 5.91 Å². The van der Waals surface area contributed by atoms with Gasteiger partial charge in [-0.1, -0.05) is 29.3 Å². The van der Waals surface area contributed by atoms with Crippen molar-refractivity contribution in [3.63, 3.8) is 0 Å². The Bertz CT molecular complexity index is 492. The molecule has 19 heavy (non-hydrogen) atoms. The minimum Gasteiger partial charge on any atom is -0.346 e. The van der Waals surface area contributed by atoms with Crippen LogP contribution < -0.4 is 5.32 Å². The van der Waals surface area contributed by atoms with Crippen LogP contribution in [0.3, 0.4) is 0 Å². The number of carbonyl (C=O) groups is 1. The molecule has 1 N–H and O–H groups in total. The van der Waals surface area contributed by atoms with Crippen molar-refractivity contribution in [3.8, 4) is 6.07 Å². The lowest BCUT2D eigenvalue weighted by Gasteiger charge is -2.28. The van der Waals surface area contributed by atoms with Crippen molar-refractivity contribution >= 4 is 40.9 Å². The summed E-state index contributed by atoms with van der Waals surface area (Å²) in [6, 6.07) is 7.21. The molecule has 1 amide bonds. The largest absolute Gasteiger partial charge is 0.346 e. The molecule has 0 atom stereocenters. The van der Waals surface area contributed by atoms with Crippen LogP contribution in [0.2, 0.25) is 10.0 Å². The predicted molar refractivity (Wildman–Crippen MR) is 80.6 cm³/mol. The van der Waals surface area contributed by atoms with Gasteiger partial charge >= 0.3 is 0 Å². The third-order valence-corrected chi connectivity index (χ3v) is 3.87. The quantitative estimate of drug-likeness (QED) is 0.844. The Kier molecular flexibility index (Phi) is 5.99. The molecule has 0 saturated heterocycles. The van der Waals surface area contributed by atoms with Crippen LogP contribution in [0.4, 0.5) is 0 Å². The molecule has 0 aliphatic heterocycles. The number of nitrogens with zero attached hydrogens (tertiary/aromatic N) is 1. The number of hydrogen-bond acceptors (Lipinski definition) is 3. The molecule has 0 bridgehead atoms.